The summed E-state index contributed by atoms with van der Waals surface area (Å²) in [6.45, 7) is 4.63. The minimum Gasteiger partial charge on any atom is -0.352 e. The summed E-state index contributed by atoms with van der Waals surface area (Å²) in [4.78, 5) is 11.9. The third kappa shape index (κ3) is 2.83. The van der Waals surface area contributed by atoms with Crippen molar-refractivity contribution in [3.05, 3.63) is 21.9 Å². The number of amides is 1. The van der Waals surface area contributed by atoms with Crippen molar-refractivity contribution >= 4 is 17.2 Å². The van der Waals surface area contributed by atoms with Gasteiger partial charge in [0.05, 0.1) is 5.92 Å². The largest absolute Gasteiger partial charge is 0.352 e. The van der Waals surface area contributed by atoms with Gasteiger partial charge in [0, 0.05) is 13.1 Å². The molecule has 1 amide bonds. The molecule has 0 radical (unpaired) electrons. The van der Waals surface area contributed by atoms with E-state index in [2.05, 4.69) is 28.3 Å². The van der Waals surface area contributed by atoms with Gasteiger partial charge in [-0.2, -0.15) is 11.3 Å². The molecule has 1 aromatic heterocycles. The Morgan fingerprint density at radius 2 is 2.50 bits per heavy atom. The van der Waals surface area contributed by atoms with Gasteiger partial charge in [0.2, 0.25) is 5.91 Å². The van der Waals surface area contributed by atoms with Gasteiger partial charge in [0.1, 0.15) is 0 Å². The van der Waals surface area contributed by atoms with Gasteiger partial charge in [0.25, 0.3) is 0 Å². The second kappa shape index (κ2) is 5.46. The smallest absolute Gasteiger partial charge is 0.224 e. The van der Waals surface area contributed by atoms with E-state index in [1.165, 1.54) is 11.1 Å². The van der Waals surface area contributed by atoms with E-state index in [0.717, 1.165) is 25.9 Å². The monoisotopic (exact) mass is 238 g/mol. The average Bonchev–Trinajstić information content (AvgIpc) is 2.73. The lowest BCUT2D eigenvalue weighted by molar-refractivity contribution is -0.125. The number of hydrogen-bond acceptors (Lipinski definition) is 3. The average molecular weight is 238 g/mol. The topological polar surface area (TPSA) is 41.1 Å². The molecule has 0 saturated carbocycles. The van der Waals surface area contributed by atoms with E-state index in [1.54, 1.807) is 11.3 Å². The summed E-state index contributed by atoms with van der Waals surface area (Å²) in [5.41, 5.74) is 2.51. The summed E-state index contributed by atoms with van der Waals surface area (Å²) < 4.78 is 0. The summed E-state index contributed by atoms with van der Waals surface area (Å²) in [6.07, 6.45) is 2.12. The van der Waals surface area contributed by atoms with Crippen molar-refractivity contribution in [2.45, 2.75) is 26.3 Å². The first-order valence-corrected chi connectivity index (χ1v) is 6.72. The maximum atomic E-state index is 11.9. The second-order valence-corrected chi connectivity index (χ2v) is 5.08. The number of hydrogen-bond donors (Lipinski definition) is 2. The molecule has 0 unspecified atom stereocenters. The molecule has 0 spiro atoms. The van der Waals surface area contributed by atoms with Gasteiger partial charge in [0.15, 0.2) is 0 Å². The van der Waals surface area contributed by atoms with Crippen LogP contribution in [0.5, 0.6) is 0 Å². The first-order valence-electron chi connectivity index (χ1n) is 5.77. The van der Waals surface area contributed by atoms with Crippen LogP contribution in [0.1, 0.15) is 24.0 Å². The maximum absolute atomic E-state index is 11.9. The van der Waals surface area contributed by atoms with Crippen LogP contribution in [0, 0.1) is 12.8 Å². The molecule has 2 N–H and O–H groups in total. The zero-order valence-corrected chi connectivity index (χ0v) is 10.4. The Morgan fingerprint density at radius 3 is 3.12 bits per heavy atom. The predicted octanol–water partition coefficient (Wildman–Crippen LogP) is 1.67. The number of carbonyl (C=O) groups is 1. The van der Waals surface area contributed by atoms with Crippen molar-refractivity contribution in [1.82, 2.24) is 10.6 Å². The molecule has 1 atom stereocenters. The second-order valence-electron chi connectivity index (χ2n) is 4.34. The van der Waals surface area contributed by atoms with Crippen LogP contribution in [0.15, 0.2) is 10.8 Å². The normalized spacial score (nSPS) is 20.7. The predicted molar refractivity (Wildman–Crippen MR) is 66.5 cm³/mol. The molecular weight excluding hydrogens is 220 g/mol. The highest BCUT2D eigenvalue weighted by Gasteiger charge is 2.20. The molecule has 1 saturated heterocycles. The van der Waals surface area contributed by atoms with Gasteiger partial charge in [-0.3, -0.25) is 4.79 Å². The minimum absolute atomic E-state index is 0.160. The van der Waals surface area contributed by atoms with Crippen molar-refractivity contribution in [2.75, 3.05) is 13.1 Å². The van der Waals surface area contributed by atoms with Gasteiger partial charge in [-0.05, 0) is 48.2 Å². The fourth-order valence-electron chi connectivity index (χ4n) is 1.97. The summed E-state index contributed by atoms with van der Waals surface area (Å²) in [6, 6.07) is 0. The molecule has 0 aliphatic carbocycles. The molecule has 1 aromatic rings. The molecule has 16 heavy (non-hydrogen) atoms. The molecule has 2 heterocycles. The van der Waals surface area contributed by atoms with Gasteiger partial charge in [-0.25, -0.2) is 0 Å². The van der Waals surface area contributed by atoms with Crippen molar-refractivity contribution in [1.29, 1.82) is 0 Å². The Hall–Kier alpha value is -0.870. The SMILES string of the molecule is Cc1cscc1CNC(=O)[C@H]1CCCNC1. The van der Waals surface area contributed by atoms with Crippen LogP contribution in [-0.4, -0.2) is 19.0 Å². The van der Waals surface area contributed by atoms with Crippen LogP contribution in [-0.2, 0) is 11.3 Å². The summed E-state index contributed by atoms with van der Waals surface area (Å²) >= 11 is 1.69. The van der Waals surface area contributed by atoms with Gasteiger partial charge in [-0.15, -0.1) is 0 Å². The van der Waals surface area contributed by atoms with E-state index in [1.807, 2.05) is 0 Å². The minimum atomic E-state index is 0.160. The van der Waals surface area contributed by atoms with E-state index in [4.69, 9.17) is 0 Å². The third-order valence-corrected chi connectivity index (χ3v) is 3.99. The lowest BCUT2D eigenvalue weighted by atomic mass is 9.99. The maximum Gasteiger partial charge on any atom is 0.224 e. The number of piperidine rings is 1. The van der Waals surface area contributed by atoms with Gasteiger partial charge < -0.3 is 10.6 Å². The van der Waals surface area contributed by atoms with Crippen LogP contribution in [0.25, 0.3) is 0 Å². The zero-order chi connectivity index (χ0) is 11.4. The van der Waals surface area contributed by atoms with E-state index >= 15 is 0 Å². The lowest BCUT2D eigenvalue weighted by Crippen LogP contribution is -2.40. The number of aryl methyl sites for hydroxylation is 1. The number of rotatable bonds is 3. The van der Waals surface area contributed by atoms with E-state index in [9.17, 15) is 4.79 Å². The highest BCUT2D eigenvalue weighted by molar-refractivity contribution is 7.08. The molecule has 0 aromatic carbocycles. The van der Waals surface area contributed by atoms with Crippen molar-refractivity contribution in [3.63, 3.8) is 0 Å². The number of carbonyl (C=O) groups excluding carboxylic acids is 1. The quantitative estimate of drug-likeness (QED) is 0.841. The van der Waals surface area contributed by atoms with Crippen molar-refractivity contribution < 1.29 is 4.79 Å². The summed E-state index contributed by atoms with van der Waals surface area (Å²) in [5.74, 6) is 0.352. The fraction of sp³-hybridized carbons (Fsp3) is 0.583. The molecule has 4 heteroatoms. The molecule has 1 aliphatic rings. The Morgan fingerprint density at radius 1 is 1.62 bits per heavy atom. The molecule has 2 rings (SSSR count). The van der Waals surface area contributed by atoms with E-state index < -0.39 is 0 Å². The van der Waals surface area contributed by atoms with Crippen molar-refractivity contribution in [2.24, 2.45) is 5.92 Å². The molecule has 88 valence electrons. The van der Waals surface area contributed by atoms with E-state index in [0.29, 0.717) is 6.54 Å². The number of thiophene rings is 1. The van der Waals surface area contributed by atoms with Gasteiger partial charge in [-0.1, -0.05) is 0 Å². The summed E-state index contributed by atoms with van der Waals surface area (Å²) in [5, 5.41) is 10.5. The molecular formula is C12H18N2OS. The summed E-state index contributed by atoms with van der Waals surface area (Å²) in [7, 11) is 0. The lowest BCUT2D eigenvalue weighted by Gasteiger charge is -2.21. The standard InChI is InChI=1S/C12H18N2OS/c1-9-7-16-8-11(9)6-14-12(15)10-3-2-4-13-5-10/h7-8,10,13H,2-6H2,1H3,(H,14,15)/t10-/m0/s1. The first-order chi connectivity index (χ1) is 7.77. The molecule has 3 nitrogen and oxygen atoms in total. The van der Waals surface area contributed by atoms with Crippen LogP contribution >= 0.6 is 11.3 Å². The van der Waals surface area contributed by atoms with E-state index in [-0.39, 0.29) is 11.8 Å². The van der Waals surface area contributed by atoms with Crippen molar-refractivity contribution in [3.8, 4) is 0 Å². The molecule has 1 aliphatic heterocycles. The number of nitrogens with one attached hydrogen (secondary N) is 2. The van der Waals surface area contributed by atoms with Crippen LogP contribution < -0.4 is 10.6 Å². The first kappa shape index (κ1) is 11.6. The Labute approximate surface area is 100 Å². The van der Waals surface area contributed by atoms with Crippen LogP contribution in [0.4, 0.5) is 0 Å². The fourth-order valence-corrected chi connectivity index (χ4v) is 2.83. The Bertz CT molecular complexity index is 356. The van der Waals surface area contributed by atoms with Gasteiger partial charge >= 0.3 is 0 Å². The molecule has 1 fully saturated rings. The van der Waals surface area contributed by atoms with Crippen LogP contribution in [0.2, 0.25) is 0 Å². The highest BCUT2D eigenvalue weighted by atomic mass is 32.1. The third-order valence-electron chi connectivity index (χ3n) is 3.08. The molecule has 0 bridgehead atoms. The zero-order valence-electron chi connectivity index (χ0n) is 9.58. The van der Waals surface area contributed by atoms with Crippen LogP contribution in [0.3, 0.4) is 0 Å². The Balaban J connectivity index is 1.81. The Kier molecular flexibility index (Phi) is 3.96. The highest BCUT2D eigenvalue weighted by Crippen LogP contribution is 2.14.